The predicted octanol–water partition coefficient (Wildman–Crippen LogP) is 2.24. The number of hydrogen-bond acceptors (Lipinski definition) is 6. The lowest BCUT2D eigenvalue weighted by atomic mass is 10.00. The van der Waals surface area contributed by atoms with Crippen LogP contribution in [-0.2, 0) is 14.8 Å². The number of hydrogen-bond donors (Lipinski definition) is 1. The van der Waals surface area contributed by atoms with Crippen molar-refractivity contribution < 1.29 is 22.7 Å². The average molecular weight is 442 g/mol. The van der Waals surface area contributed by atoms with Crippen LogP contribution in [0.2, 0.25) is 0 Å². The highest BCUT2D eigenvalue weighted by molar-refractivity contribution is 7.92. The smallest absolute Gasteiger partial charge is 0.240 e. The molecule has 9 heteroatoms. The summed E-state index contributed by atoms with van der Waals surface area (Å²) in [6.07, 6.45) is 6.84. The quantitative estimate of drug-likeness (QED) is 0.530. The molecule has 1 aromatic carbocycles. The fraction of sp³-hybridized carbons (Fsp3) is 0.667. The first-order chi connectivity index (χ1) is 14.3. The van der Waals surface area contributed by atoms with Crippen LogP contribution in [0.25, 0.3) is 0 Å². The second-order valence-electron chi connectivity index (χ2n) is 7.60. The summed E-state index contributed by atoms with van der Waals surface area (Å²) in [4.78, 5) is 15.0. The van der Waals surface area contributed by atoms with E-state index in [1.807, 2.05) is 0 Å². The Labute approximate surface area is 180 Å². The van der Waals surface area contributed by atoms with Crippen molar-refractivity contribution in [2.24, 2.45) is 0 Å². The third-order valence-corrected chi connectivity index (χ3v) is 6.63. The lowest BCUT2D eigenvalue weighted by Crippen LogP contribution is -2.42. The number of carbonyl (C=O) groups excluding carboxylic acids is 1. The zero-order valence-corrected chi connectivity index (χ0v) is 19.3. The van der Waals surface area contributed by atoms with E-state index in [1.54, 1.807) is 18.2 Å². The minimum atomic E-state index is -3.68. The monoisotopic (exact) mass is 441 g/mol. The maximum absolute atomic E-state index is 12.5. The Morgan fingerprint density at radius 3 is 2.67 bits per heavy atom. The Balaban J connectivity index is 1.95. The molecule has 1 aromatic rings. The molecule has 0 spiro atoms. The maximum Gasteiger partial charge on any atom is 0.240 e. The Morgan fingerprint density at radius 1 is 1.27 bits per heavy atom. The molecule has 0 aliphatic carbocycles. The lowest BCUT2D eigenvalue weighted by Gasteiger charge is -2.35. The fourth-order valence-corrected chi connectivity index (χ4v) is 4.74. The van der Waals surface area contributed by atoms with E-state index in [0.29, 0.717) is 29.8 Å². The highest BCUT2D eigenvalue weighted by Crippen LogP contribution is 2.33. The highest BCUT2D eigenvalue weighted by Gasteiger charge is 2.24. The van der Waals surface area contributed by atoms with Crippen LogP contribution >= 0.6 is 0 Å². The van der Waals surface area contributed by atoms with Crippen LogP contribution < -0.4 is 19.1 Å². The Bertz CT molecular complexity index is 800. The standard InChI is InChI=1S/C21H35N3O5S/c1-5-17-9-6-7-13-23(17)14-8-12-22-21(25)16-24(30(4,26)27)19-11-10-18(28-2)15-20(19)29-3/h10-11,15,17H,5-9,12-14,16H2,1-4H3,(H,22,25). The summed E-state index contributed by atoms with van der Waals surface area (Å²) >= 11 is 0. The summed E-state index contributed by atoms with van der Waals surface area (Å²) < 4.78 is 36.2. The van der Waals surface area contributed by atoms with Crippen molar-refractivity contribution in [2.75, 3.05) is 51.0 Å². The van der Waals surface area contributed by atoms with Gasteiger partial charge in [-0.25, -0.2) is 8.42 Å². The van der Waals surface area contributed by atoms with E-state index in [9.17, 15) is 13.2 Å². The van der Waals surface area contributed by atoms with Gasteiger partial charge in [-0.05, 0) is 44.4 Å². The summed E-state index contributed by atoms with van der Waals surface area (Å²) in [6, 6.07) is 5.44. The van der Waals surface area contributed by atoms with Crippen LogP contribution in [0.4, 0.5) is 5.69 Å². The van der Waals surface area contributed by atoms with Gasteiger partial charge in [0.05, 0.1) is 26.2 Å². The summed E-state index contributed by atoms with van der Waals surface area (Å²) in [6.45, 7) is 4.50. The molecule has 1 amide bonds. The second-order valence-corrected chi connectivity index (χ2v) is 9.51. The Hall–Kier alpha value is -2.00. The van der Waals surface area contributed by atoms with E-state index in [-0.39, 0.29) is 12.5 Å². The maximum atomic E-state index is 12.5. The zero-order chi connectivity index (χ0) is 22.1. The second kappa shape index (κ2) is 11.4. The number of nitrogens with one attached hydrogen (secondary N) is 1. The molecule has 170 valence electrons. The first-order valence-corrected chi connectivity index (χ1v) is 12.4. The van der Waals surface area contributed by atoms with Crippen LogP contribution in [0.15, 0.2) is 18.2 Å². The summed E-state index contributed by atoms with van der Waals surface area (Å²) in [7, 11) is -0.716. The molecule has 0 bridgehead atoms. The molecule has 30 heavy (non-hydrogen) atoms. The number of methoxy groups -OCH3 is 2. The summed E-state index contributed by atoms with van der Waals surface area (Å²) in [5.41, 5.74) is 0.301. The number of amides is 1. The molecule has 1 aliphatic rings. The molecular formula is C21H35N3O5S. The van der Waals surface area contributed by atoms with Gasteiger partial charge in [0.1, 0.15) is 18.0 Å². The number of likely N-dealkylation sites (tertiary alicyclic amines) is 1. The van der Waals surface area contributed by atoms with Gasteiger partial charge in [-0.3, -0.25) is 9.10 Å². The fourth-order valence-electron chi connectivity index (χ4n) is 3.89. The van der Waals surface area contributed by atoms with Gasteiger partial charge in [0.25, 0.3) is 0 Å². The van der Waals surface area contributed by atoms with Gasteiger partial charge in [-0.15, -0.1) is 0 Å². The number of anilines is 1. The van der Waals surface area contributed by atoms with Crippen LogP contribution in [0, 0.1) is 0 Å². The normalized spacial score (nSPS) is 17.4. The third-order valence-electron chi connectivity index (χ3n) is 5.51. The average Bonchev–Trinajstić information content (AvgIpc) is 2.74. The minimum Gasteiger partial charge on any atom is -0.497 e. The van der Waals surface area contributed by atoms with E-state index in [1.165, 1.54) is 33.5 Å². The topological polar surface area (TPSA) is 88.2 Å². The molecular weight excluding hydrogens is 406 g/mol. The van der Waals surface area contributed by atoms with E-state index >= 15 is 0 Å². The van der Waals surface area contributed by atoms with Gasteiger partial charge in [0, 0.05) is 25.2 Å². The highest BCUT2D eigenvalue weighted by atomic mass is 32.2. The van der Waals surface area contributed by atoms with Gasteiger partial charge in [0.15, 0.2) is 0 Å². The molecule has 1 saturated heterocycles. The Kier molecular flexibility index (Phi) is 9.23. The lowest BCUT2D eigenvalue weighted by molar-refractivity contribution is -0.119. The molecule has 1 atom stereocenters. The van der Waals surface area contributed by atoms with E-state index < -0.39 is 10.0 Å². The summed E-state index contributed by atoms with van der Waals surface area (Å²) in [5.74, 6) is 0.517. The van der Waals surface area contributed by atoms with Gasteiger partial charge in [-0.2, -0.15) is 0 Å². The number of carbonyl (C=O) groups is 1. The van der Waals surface area contributed by atoms with Crippen molar-refractivity contribution >= 4 is 21.6 Å². The molecule has 8 nitrogen and oxygen atoms in total. The van der Waals surface area contributed by atoms with Crippen LogP contribution in [0.1, 0.15) is 39.0 Å². The summed E-state index contributed by atoms with van der Waals surface area (Å²) in [5, 5.41) is 2.85. The molecule has 2 rings (SSSR count). The number of nitrogens with zero attached hydrogens (tertiary/aromatic N) is 2. The van der Waals surface area contributed by atoms with Gasteiger partial charge < -0.3 is 19.7 Å². The number of benzene rings is 1. The first-order valence-electron chi connectivity index (χ1n) is 10.5. The van der Waals surface area contributed by atoms with Crippen molar-refractivity contribution in [3.8, 4) is 11.5 Å². The van der Waals surface area contributed by atoms with E-state index in [2.05, 4.69) is 17.1 Å². The number of ether oxygens (including phenoxy) is 2. The number of rotatable bonds is 11. The third kappa shape index (κ3) is 6.77. The van der Waals surface area contributed by atoms with Gasteiger partial charge >= 0.3 is 0 Å². The molecule has 1 N–H and O–H groups in total. The van der Waals surface area contributed by atoms with Crippen molar-refractivity contribution in [2.45, 2.75) is 45.1 Å². The SMILES string of the molecule is CCC1CCCCN1CCCNC(=O)CN(c1ccc(OC)cc1OC)S(C)(=O)=O. The molecule has 1 fully saturated rings. The van der Waals surface area contributed by atoms with Crippen molar-refractivity contribution in [1.29, 1.82) is 0 Å². The predicted molar refractivity (Wildman–Crippen MR) is 119 cm³/mol. The molecule has 0 radical (unpaired) electrons. The minimum absolute atomic E-state index is 0.301. The molecule has 1 unspecified atom stereocenters. The zero-order valence-electron chi connectivity index (χ0n) is 18.5. The number of piperidine rings is 1. The molecule has 1 heterocycles. The Morgan fingerprint density at radius 2 is 2.03 bits per heavy atom. The molecule has 0 saturated carbocycles. The van der Waals surface area contributed by atoms with Crippen molar-refractivity contribution in [3.05, 3.63) is 18.2 Å². The van der Waals surface area contributed by atoms with Crippen LogP contribution in [0.5, 0.6) is 11.5 Å². The van der Waals surface area contributed by atoms with E-state index in [4.69, 9.17) is 9.47 Å². The van der Waals surface area contributed by atoms with E-state index in [0.717, 1.165) is 36.5 Å². The van der Waals surface area contributed by atoms with Gasteiger partial charge in [-0.1, -0.05) is 13.3 Å². The number of sulfonamides is 1. The first kappa shape index (κ1) is 24.3. The molecule has 1 aliphatic heterocycles. The molecule has 0 aromatic heterocycles. The van der Waals surface area contributed by atoms with Crippen LogP contribution in [-0.4, -0.2) is 71.9 Å². The largest absolute Gasteiger partial charge is 0.497 e. The van der Waals surface area contributed by atoms with Crippen molar-refractivity contribution in [1.82, 2.24) is 10.2 Å². The van der Waals surface area contributed by atoms with Crippen LogP contribution in [0.3, 0.4) is 0 Å². The van der Waals surface area contributed by atoms with Crippen molar-refractivity contribution in [3.63, 3.8) is 0 Å². The van der Waals surface area contributed by atoms with Gasteiger partial charge in [0.2, 0.25) is 15.9 Å².